The number of fused-ring (bicyclic) bond motifs is 1. The van der Waals surface area contributed by atoms with Crippen molar-refractivity contribution in [1.29, 1.82) is 0 Å². The molecule has 1 unspecified atom stereocenters. The van der Waals surface area contributed by atoms with E-state index in [2.05, 4.69) is 16.9 Å². The number of aromatic nitrogens is 2. The molecule has 6 nitrogen and oxygen atoms in total. The molecule has 43 heavy (non-hydrogen) atoms. The van der Waals surface area contributed by atoms with Gasteiger partial charge >= 0.3 is 0 Å². The van der Waals surface area contributed by atoms with Crippen molar-refractivity contribution in [2.75, 3.05) is 6.61 Å². The van der Waals surface area contributed by atoms with E-state index < -0.39 is 23.9 Å². The molecule has 5 aromatic rings. The Morgan fingerprint density at radius 1 is 0.744 bits per heavy atom. The van der Waals surface area contributed by atoms with Crippen LogP contribution < -0.4 is 0 Å². The zero-order valence-corrected chi connectivity index (χ0v) is 25.2. The molecular weight excluding hydrogens is 583 g/mol. The maximum Gasteiger partial charge on any atom is 0.224 e. The number of nitrogens with zero attached hydrogens (tertiary/aromatic N) is 2. The lowest BCUT2D eigenvalue weighted by atomic mass is 9.87. The molecule has 1 fully saturated rings. The summed E-state index contributed by atoms with van der Waals surface area (Å²) in [6.45, 7) is 3.62. The number of benzene rings is 4. The van der Waals surface area contributed by atoms with Gasteiger partial charge in [0.15, 0.2) is 0 Å². The minimum absolute atomic E-state index is 0.0846. The highest BCUT2D eigenvalue weighted by atomic mass is 35.5. The Bertz CT molecular complexity index is 1640. The summed E-state index contributed by atoms with van der Waals surface area (Å²) in [7, 11) is 0. The first-order chi connectivity index (χ1) is 21.0. The summed E-state index contributed by atoms with van der Waals surface area (Å²) in [6, 6.07) is 36.1. The number of hydrogen-bond acceptors (Lipinski definition) is 6. The van der Waals surface area contributed by atoms with E-state index in [1.54, 1.807) is 0 Å². The largest absolute Gasteiger partial charge is 0.374 e. The van der Waals surface area contributed by atoms with Crippen LogP contribution in [-0.2, 0) is 38.8 Å². The van der Waals surface area contributed by atoms with Crippen LogP contribution in [0.15, 0.2) is 109 Å². The van der Waals surface area contributed by atoms with Gasteiger partial charge in [-0.3, -0.25) is 0 Å². The summed E-state index contributed by atoms with van der Waals surface area (Å²) in [5.41, 5.74) is 3.81. The quantitative estimate of drug-likeness (QED) is 0.110. The lowest BCUT2D eigenvalue weighted by Crippen LogP contribution is -2.47. The second-order valence-corrected chi connectivity index (χ2v) is 11.5. The maximum absolute atomic E-state index is 6.82. The second-order valence-electron chi connectivity index (χ2n) is 10.8. The van der Waals surface area contributed by atoms with Gasteiger partial charge in [-0.25, -0.2) is 9.97 Å². The van der Waals surface area contributed by atoms with Crippen molar-refractivity contribution >= 4 is 34.1 Å². The van der Waals surface area contributed by atoms with Gasteiger partial charge < -0.3 is 18.9 Å². The monoisotopic (exact) mass is 614 g/mol. The van der Waals surface area contributed by atoms with Crippen molar-refractivity contribution in [2.24, 2.45) is 0 Å². The predicted molar refractivity (Wildman–Crippen MR) is 168 cm³/mol. The van der Waals surface area contributed by atoms with Gasteiger partial charge in [0, 0.05) is 5.39 Å². The van der Waals surface area contributed by atoms with Crippen molar-refractivity contribution < 1.29 is 18.9 Å². The SMILES string of the molecule is C[C@]1(OCc2ccccc2)C(c2ccc3c(Cl)nc(Cl)nc3c2)O[C@H](COCc2ccccc2)[C@H]1OCc1ccccc1. The normalized spacial score (nSPS) is 21.8. The molecule has 1 aliphatic heterocycles. The van der Waals surface area contributed by atoms with E-state index >= 15 is 0 Å². The standard InChI is InChI=1S/C35H32Cl2N2O4/c1-35(42-22-26-15-9-4-10-16-26)31(27-17-18-28-29(19-27)38-34(37)39-33(28)36)43-30(23-40-20-24-11-5-2-6-12-24)32(35)41-21-25-13-7-3-8-14-25/h2-19,30-32H,20-23H2,1H3/t30-,31?,32-,35+/m1/s1. The molecule has 4 atom stereocenters. The van der Waals surface area contributed by atoms with Crippen molar-refractivity contribution in [3.05, 3.63) is 142 Å². The third-order valence-electron chi connectivity index (χ3n) is 7.74. The molecule has 0 radical (unpaired) electrons. The number of halogens is 2. The minimum atomic E-state index is -0.889. The Morgan fingerprint density at radius 3 is 2.00 bits per heavy atom. The Hall–Kier alpha value is -3.36. The average molecular weight is 616 g/mol. The molecule has 0 N–H and O–H groups in total. The lowest BCUT2D eigenvalue weighted by molar-refractivity contribution is -0.147. The molecule has 1 saturated heterocycles. The first-order valence-electron chi connectivity index (χ1n) is 14.2. The summed E-state index contributed by atoms with van der Waals surface area (Å²) in [5.74, 6) is 0. The van der Waals surface area contributed by atoms with E-state index in [4.69, 9.17) is 42.1 Å². The fourth-order valence-corrected chi connectivity index (χ4v) is 6.01. The average Bonchev–Trinajstić information content (AvgIpc) is 3.31. The van der Waals surface area contributed by atoms with E-state index in [-0.39, 0.29) is 5.28 Å². The molecule has 4 aromatic carbocycles. The molecule has 1 aliphatic rings. The van der Waals surface area contributed by atoms with Gasteiger partial charge in [0.05, 0.1) is 31.9 Å². The van der Waals surface area contributed by atoms with E-state index in [0.29, 0.717) is 42.5 Å². The molecule has 0 aliphatic carbocycles. The first kappa shape index (κ1) is 29.7. The lowest BCUT2D eigenvalue weighted by Gasteiger charge is -2.35. The van der Waals surface area contributed by atoms with Crippen LogP contribution in [0.1, 0.15) is 35.3 Å². The molecule has 2 heterocycles. The fourth-order valence-electron chi connectivity index (χ4n) is 5.55. The van der Waals surface area contributed by atoms with Gasteiger partial charge in [0.25, 0.3) is 0 Å². The van der Waals surface area contributed by atoms with E-state index in [9.17, 15) is 0 Å². The van der Waals surface area contributed by atoms with Crippen LogP contribution in [0.5, 0.6) is 0 Å². The molecule has 220 valence electrons. The van der Waals surface area contributed by atoms with Gasteiger partial charge in [0.1, 0.15) is 29.1 Å². The summed E-state index contributed by atoms with van der Waals surface area (Å²) >= 11 is 12.5. The highest BCUT2D eigenvalue weighted by molar-refractivity contribution is 6.35. The molecule has 1 aromatic heterocycles. The number of hydrogen-bond donors (Lipinski definition) is 0. The van der Waals surface area contributed by atoms with Crippen LogP contribution in [0, 0.1) is 0 Å². The summed E-state index contributed by atoms with van der Waals surface area (Å²) < 4.78 is 26.5. The van der Waals surface area contributed by atoms with Gasteiger partial charge in [-0.15, -0.1) is 0 Å². The fraction of sp³-hybridized carbons (Fsp3) is 0.257. The van der Waals surface area contributed by atoms with Gasteiger partial charge in [0.2, 0.25) is 5.28 Å². The zero-order chi connectivity index (χ0) is 29.6. The number of ether oxygens (including phenoxy) is 4. The Kier molecular flexibility index (Phi) is 9.34. The van der Waals surface area contributed by atoms with Crippen molar-refractivity contribution in [3.8, 4) is 0 Å². The molecule has 6 rings (SSSR count). The van der Waals surface area contributed by atoms with Gasteiger partial charge in [-0.05, 0) is 52.9 Å². The van der Waals surface area contributed by atoms with Crippen LogP contribution >= 0.6 is 23.2 Å². The van der Waals surface area contributed by atoms with E-state index in [1.165, 1.54) is 0 Å². The first-order valence-corrected chi connectivity index (χ1v) is 15.0. The van der Waals surface area contributed by atoms with Crippen molar-refractivity contribution in [2.45, 2.75) is 50.7 Å². The Morgan fingerprint density at radius 2 is 1.35 bits per heavy atom. The van der Waals surface area contributed by atoms with Crippen LogP contribution in [0.4, 0.5) is 0 Å². The molecule has 0 spiro atoms. The zero-order valence-electron chi connectivity index (χ0n) is 23.7. The summed E-state index contributed by atoms with van der Waals surface area (Å²) in [5, 5.41) is 1.09. The Balaban J connectivity index is 1.34. The van der Waals surface area contributed by atoms with E-state index in [0.717, 1.165) is 22.3 Å². The highest BCUT2D eigenvalue weighted by Gasteiger charge is 2.56. The Labute approximate surface area is 261 Å². The molecule has 0 bridgehead atoms. The molecular formula is C35H32Cl2N2O4. The third kappa shape index (κ3) is 6.91. The molecule has 0 amide bonds. The summed E-state index contributed by atoms with van der Waals surface area (Å²) in [6.07, 6.45) is -1.36. The van der Waals surface area contributed by atoms with Crippen LogP contribution in [0.2, 0.25) is 10.4 Å². The highest BCUT2D eigenvalue weighted by Crippen LogP contribution is 2.47. The van der Waals surface area contributed by atoms with Crippen molar-refractivity contribution in [3.63, 3.8) is 0 Å². The molecule has 0 saturated carbocycles. The minimum Gasteiger partial charge on any atom is -0.374 e. The predicted octanol–water partition coefficient (Wildman–Crippen LogP) is 8.15. The maximum atomic E-state index is 6.82. The summed E-state index contributed by atoms with van der Waals surface area (Å²) in [4.78, 5) is 8.51. The number of rotatable bonds is 11. The topological polar surface area (TPSA) is 62.7 Å². The van der Waals surface area contributed by atoms with Crippen molar-refractivity contribution in [1.82, 2.24) is 9.97 Å². The molecule has 8 heteroatoms. The smallest absolute Gasteiger partial charge is 0.224 e. The second kappa shape index (κ2) is 13.5. The van der Waals surface area contributed by atoms with Crippen LogP contribution in [0.25, 0.3) is 10.9 Å². The van der Waals surface area contributed by atoms with E-state index in [1.807, 2.05) is 109 Å². The van der Waals surface area contributed by atoms with Crippen LogP contribution in [0.3, 0.4) is 0 Å². The van der Waals surface area contributed by atoms with Gasteiger partial charge in [-0.1, -0.05) is 109 Å². The van der Waals surface area contributed by atoms with Gasteiger partial charge in [-0.2, -0.15) is 0 Å². The third-order valence-corrected chi connectivity index (χ3v) is 8.20. The van der Waals surface area contributed by atoms with Crippen LogP contribution in [-0.4, -0.2) is 34.4 Å².